The third-order valence-electron chi connectivity index (χ3n) is 4.58. The van der Waals surface area contributed by atoms with Gasteiger partial charge in [-0.1, -0.05) is 32.9 Å². The van der Waals surface area contributed by atoms with Crippen LogP contribution in [-0.4, -0.2) is 25.2 Å². The smallest absolute Gasteiger partial charge is 0.122 e. The number of thioether (sulfide) groups is 1. The minimum atomic E-state index is 0.155. The molecule has 0 bridgehead atoms. The van der Waals surface area contributed by atoms with Gasteiger partial charge < -0.3 is 10.5 Å². The summed E-state index contributed by atoms with van der Waals surface area (Å²) in [7, 11) is 1.76. The summed E-state index contributed by atoms with van der Waals surface area (Å²) in [4.78, 5) is 0. The van der Waals surface area contributed by atoms with E-state index in [-0.39, 0.29) is 5.41 Å². The first-order valence-corrected chi connectivity index (χ1v) is 9.09. The monoisotopic (exact) mass is 307 g/mol. The van der Waals surface area contributed by atoms with E-state index in [9.17, 15) is 0 Å². The highest BCUT2D eigenvalue weighted by atomic mass is 32.2. The lowest BCUT2D eigenvalue weighted by atomic mass is 9.79. The summed E-state index contributed by atoms with van der Waals surface area (Å²) >= 11 is 2.07. The predicted molar refractivity (Wildman–Crippen MR) is 93.5 cm³/mol. The number of rotatable bonds is 4. The van der Waals surface area contributed by atoms with Crippen molar-refractivity contribution in [2.75, 3.05) is 25.2 Å². The van der Waals surface area contributed by atoms with E-state index in [1.807, 2.05) is 0 Å². The highest BCUT2D eigenvalue weighted by molar-refractivity contribution is 7.99. The van der Waals surface area contributed by atoms with Gasteiger partial charge in [0.25, 0.3) is 0 Å². The molecule has 1 atom stereocenters. The molecule has 1 unspecified atom stereocenters. The van der Waals surface area contributed by atoms with Gasteiger partial charge in [-0.2, -0.15) is 11.8 Å². The van der Waals surface area contributed by atoms with Crippen LogP contribution < -0.4 is 10.5 Å². The van der Waals surface area contributed by atoms with Gasteiger partial charge in [0.05, 0.1) is 7.11 Å². The van der Waals surface area contributed by atoms with Crippen LogP contribution in [0.5, 0.6) is 5.75 Å². The molecule has 118 valence electrons. The van der Waals surface area contributed by atoms with Gasteiger partial charge in [-0.25, -0.2) is 0 Å². The maximum atomic E-state index is 6.16. The van der Waals surface area contributed by atoms with Crippen LogP contribution >= 0.6 is 11.8 Å². The van der Waals surface area contributed by atoms with Crippen molar-refractivity contribution in [3.8, 4) is 5.75 Å². The summed E-state index contributed by atoms with van der Waals surface area (Å²) in [5, 5.41) is 0. The molecule has 0 aromatic heterocycles. The second kappa shape index (κ2) is 7.06. The standard InChI is InChI=1S/C18H29NOS/c1-18(2,3)14-5-6-17(20-4)15(11-14)16(12-19)13-7-9-21-10-8-13/h5-6,11,13,16H,7-10,12,19H2,1-4H3. The number of methoxy groups -OCH3 is 1. The van der Waals surface area contributed by atoms with Crippen LogP contribution in [0.25, 0.3) is 0 Å². The lowest BCUT2D eigenvalue weighted by molar-refractivity contribution is 0.368. The zero-order valence-corrected chi connectivity index (χ0v) is 14.6. The summed E-state index contributed by atoms with van der Waals surface area (Å²) in [6, 6.07) is 6.64. The van der Waals surface area contributed by atoms with Gasteiger partial charge in [-0.3, -0.25) is 0 Å². The van der Waals surface area contributed by atoms with Crippen LogP contribution in [0.2, 0.25) is 0 Å². The van der Waals surface area contributed by atoms with Crippen molar-refractivity contribution in [2.45, 2.75) is 44.9 Å². The van der Waals surface area contributed by atoms with E-state index >= 15 is 0 Å². The van der Waals surface area contributed by atoms with Gasteiger partial charge in [0.2, 0.25) is 0 Å². The molecule has 1 aromatic carbocycles. The minimum Gasteiger partial charge on any atom is -0.496 e. The quantitative estimate of drug-likeness (QED) is 0.906. The molecular formula is C18H29NOS. The molecule has 1 aliphatic rings. The summed E-state index contributed by atoms with van der Waals surface area (Å²) in [6.45, 7) is 7.48. The Bertz CT molecular complexity index is 461. The molecule has 0 saturated carbocycles. The van der Waals surface area contributed by atoms with E-state index in [1.165, 1.54) is 35.5 Å². The van der Waals surface area contributed by atoms with Crippen molar-refractivity contribution in [3.63, 3.8) is 0 Å². The Morgan fingerprint density at radius 3 is 2.48 bits per heavy atom. The fraction of sp³-hybridized carbons (Fsp3) is 0.667. The molecule has 1 heterocycles. The zero-order valence-electron chi connectivity index (χ0n) is 13.8. The normalized spacial score (nSPS) is 18.5. The van der Waals surface area contributed by atoms with Gasteiger partial charge in [-0.05, 0) is 59.4 Å². The third-order valence-corrected chi connectivity index (χ3v) is 5.63. The van der Waals surface area contributed by atoms with Crippen molar-refractivity contribution in [1.29, 1.82) is 0 Å². The molecule has 0 amide bonds. The Labute approximate surface area is 133 Å². The van der Waals surface area contributed by atoms with E-state index in [2.05, 4.69) is 50.7 Å². The van der Waals surface area contributed by atoms with E-state index in [4.69, 9.17) is 10.5 Å². The first-order chi connectivity index (χ1) is 9.97. The molecular weight excluding hydrogens is 278 g/mol. The Morgan fingerprint density at radius 2 is 1.95 bits per heavy atom. The highest BCUT2D eigenvalue weighted by Gasteiger charge is 2.27. The second-order valence-corrected chi connectivity index (χ2v) is 8.22. The van der Waals surface area contributed by atoms with E-state index in [0.29, 0.717) is 18.4 Å². The fourth-order valence-electron chi connectivity index (χ4n) is 3.18. The van der Waals surface area contributed by atoms with Gasteiger partial charge in [-0.15, -0.1) is 0 Å². The highest BCUT2D eigenvalue weighted by Crippen LogP contribution is 2.40. The largest absolute Gasteiger partial charge is 0.496 e. The van der Waals surface area contributed by atoms with Gasteiger partial charge >= 0.3 is 0 Å². The molecule has 0 radical (unpaired) electrons. The lowest BCUT2D eigenvalue weighted by Crippen LogP contribution is -2.26. The first kappa shape index (κ1) is 16.7. The molecule has 2 nitrogen and oxygen atoms in total. The number of hydrogen-bond acceptors (Lipinski definition) is 3. The molecule has 1 aliphatic heterocycles. The van der Waals surface area contributed by atoms with Crippen molar-refractivity contribution in [1.82, 2.24) is 0 Å². The first-order valence-electron chi connectivity index (χ1n) is 7.93. The SMILES string of the molecule is COc1ccc(C(C)(C)C)cc1C(CN)C1CCSCC1. The van der Waals surface area contributed by atoms with Crippen LogP contribution in [0.1, 0.15) is 50.7 Å². The van der Waals surface area contributed by atoms with E-state index in [0.717, 1.165) is 5.75 Å². The summed E-state index contributed by atoms with van der Waals surface area (Å²) in [5.74, 6) is 4.64. The average molecular weight is 308 g/mol. The molecule has 0 spiro atoms. The second-order valence-electron chi connectivity index (χ2n) is 7.00. The molecule has 2 rings (SSSR count). The van der Waals surface area contributed by atoms with E-state index in [1.54, 1.807) is 7.11 Å². The topological polar surface area (TPSA) is 35.2 Å². The van der Waals surface area contributed by atoms with Crippen molar-refractivity contribution < 1.29 is 4.74 Å². The summed E-state index contributed by atoms with van der Waals surface area (Å²) < 4.78 is 5.63. The van der Waals surface area contributed by atoms with Crippen LogP contribution in [-0.2, 0) is 5.41 Å². The molecule has 2 N–H and O–H groups in total. The zero-order chi connectivity index (χ0) is 15.5. The predicted octanol–water partition coefficient (Wildman–Crippen LogP) is 4.18. The lowest BCUT2D eigenvalue weighted by Gasteiger charge is -2.31. The number of hydrogen-bond donors (Lipinski definition) is 1. The Kier molecular flexibility index (Phi) is 5.61. The molecule has 3 heteroatoms. The molecule has 1 fully saturated rings. The number of nitrogens with two attached hydrogens (primary N) is 1. The van der Waals surface area contributed by atoms with Gasteiger partial charge in [0, 0.05) is 5.92 Å². The maximum Gasteiger partial charge on any atom is 0.122 e. The van der Waals surface area contributed by atoms with Crippen LogP contribution in [0, 0.1) is 5.92 Å². The molecule has 1 aromatic rings. The average Bonchev–Trinajstić information content (AvgIpc) is 2.48. The van der Waals surface area contributed by atoms with E-state index < -0.39 is 0 Å². The van der Waals surface area contributed by atoms with Crippen LogP contribution in [0.15, 0.2) is 18.2 Å². The summed E-state index contributed by atoms with van der Waals surface area (Å²) in [5.41, 5.74) is 8.98. The Morgan fingerprint density at radius 1 is 1.29 bits per heavy atom. The van der Waals surface area contributed by atoms with Crippen LogP contribution in [0.3, 0.4) is 0 Å². The molecule has 21 heavy (non-hydrogen) atoms. The Hall–Kier alpha value is -0.670. The minimum absolute atomic E-state index is 0.155. The van der Waals surface area contributed by atoms with Gasteiger partial charge in [0.1, 0.15) is 5.75 Å². The van der Waals surface area contributed by atoms with Crippen molar-refractivity contribution in [2.24, 2.45) is 11.7 Å². The molecule has 1 saturated heterocycles. The Balaban J connectivity index is 2.37. The van der Waals surface area contributed by atoms with Crippen LogP contribution in [0.4, 0.5) is 0 Å². The number of benzene rings is 1. The fourth-order valence-corrected chi connectivity index (χ4v) is 4.33. The number of ether oxygens (including phenoxy) is 1. The van der Waals surface area contributed by atoms with Gasteiger partial charge in [0.15, 0.2) is 0 Å². The molecule has 0 aliphatic carbocycles. The maximum absolute atomic E-state index is 6.16. The summed E-state index contributed by atoms with van der Waals surface area (Å²) in [6.07, 6.45) is 2.55. The third kappa shape index (κ3) is 3.95. The van der Waals surface area contributed by atoms with Crippen molar-refractivity contribution >= 4 is 11.8 Å². The van der Waals surface area contributed by atoms with Crippen molar-refractivity contribution in [3.05, 3.63) is 29.3 Å².